The summed E-state index contributed by atoms with van der Waals surface area (Å²) in [5.41, 5.74) is 9.09. The number of aromatic amines is 2. The van der Waals surface area contributed by atoms with Gasteiger partial charge in [-0.25, -0.2) is 9.78 Å². The molecule has 9 N–H and O–H groups in total. The van der Waals surface area contributed by atoms with Gasteiger partial charge in [0.2, 0.25) is 17.7 Å². The molecule has 4 unspecified atom stereocenters. The number of carboxylic acid groups (broad SMARTS) is 1. The van der Waals surface area contributed by atoms with E-state index >= 15 is 0 Å². The quantitative estimate of drug-likeness (QED) is 0.0977. The number of phenols is 1. The van der Waals surface area contributed by atoms with Crippen LogP contribution in [0.2, 0.25) is 0 Å². The second kappa shape index (κ2) is 15.0. The molecule has 0 aliphatic heterocycles. The van der Waals surface area contributed by atoms with Crippen LogP contribution in [0.3, 0.4) is 0 Å². The van der Waals surface area contributed by atoms with Gasteiger partial charge in [-0.15, -0.1) is 0 Å². The van der Waals surface area contributed by atoms with Crippen LogP contribution in [0, 0.1) is 5.92 Å². The normalized spacial score (nSPS) is 14.0. The van der Waals surface area contributed by atoms with Crippen LogP contribution >= 0.6 is 0 Å². The van der Waals surface area contributed by atoms with Crippen molar-refractivity contribution in [2.24, 2.45) is 11.7 Å². The molecular formula is C32H39N7O6. The Morgan fingerprint density at radius 2 is 1.49 bits per heavy atom. The zero-order valence-electron chi connectivity index (χ0n) is 25.1. The van der Waals surface area contributed by atoms with Gasteiger partial charge in [0.15, 0.2) is 0 Å². The van der Waals surface area contributed by atoms with Crippen LogP contribution in [0.25, 0.3) is 10.9 Å². The van der Waals surface area contributed by atoms with E-state index in [0.29, 0.717) is 5.69 Å². The maximum Gasteiger partial charge on any atom is 0.326 e. The molecule has 0 aliphatic carbocycles. The molecule has 2 heterocycles. The second-order valence-electron chi connectivity index (χ2n) is 11.5. The van der Waals surface area contributed by atoms with Crippen molar-refractivity contribution in [3.8, 4) is 5.75 Å². The summed E-state index contributed by atoms with van der Waals surface area (Å²) in [6, 6.07) is 9.34. The summed E-state index contributed by atoms with van der Waals surface area (Å²) in [6.45, 7) is 3.69. The van der Waals surface area contributed by atoms with Crippen LogP contribution in [-0.4, -0.2) is 73.0 Å². The van der Waals surface area contributed by atoms with Gasteiger partial charge in [0.05, 0.1) is 12.4 Å². The number of H-pyrrole nitrogens is 2. The molecular weight excluding hydrogens is 578 g/mol. The first kappa shape index (κ1) is 32.7. The number of aromatic nitrogens is 3. The molecule has 0 radical (unpaired) electrons. The number of nitrogens with zero attached hydrogens (tertiary/aromatic N) is 1. The number of fused-ring (bicyclic) bond motifs is 1. The Kier molecular flexibility index (Phi) is 10.9. The monoisotopic (exact) mass is 617 g/mol. The molecule has 13 heteroatoms. The zero-order chi connectivity index (χ0) is 32.5. The van der Waals surface area contributed by atoms with E-state index in [-0.39, 0.29) is 37.4 Å². The Bertz CT molecular complexity index is 1600. The third-order valence-electron chi connectivity index (χ3n) is 7.39. The summed E-state index contributed by atoms with van der Waals surface area (Å²) < 4.78 is 0. The highest BCUT2D eigenvalue weighted by Crippen LogP contribution is 2.20. The average Bonchev–Trinajstić information content (AvgIpc) is 3.67. The summed E-state index contributed by atoms with van der Waals surface area (Å²) in [5, 5.41) is 28.1. The van der Waals surface area contributed by atoms with Gasteiger partial charge < -0.3 is 41.9 Å². The van der Waals surface area contributed by atoms with E-state index < -0.39 is 47.9 Å². The van der Waals surface area contributed by atoms with E-state index in [4.69, 9.17) is 5.73 Å². The first-order valence-corrected chi connectivity index (χ1v) is 14.7. The molecule has 3 amide bonds. The summed E-state index contributed by atoms with van der Waals surface area (Å²) in [5.74, 6) is -3.03. The Balaban J connectivity index is 1.57. The molecule has 45 heavy (non-hydrogen) atoms. The summed E-state index contributed by atoms with van der Waals surface area (Å²) >= 11 is 0. The van der Waals surface area contributed by atoms with Gasteiger partial charge in [0.25, 0.3) is 0 Å². The van der Waals surface area contributed by atoms with Gasteiger partial charge in [-0.1, -0.05) is 44.2 Å². The standard InChI is InChI=1S/C32H39N7O6/c1-18(2)11-28(32(44)45)39-31(43)27(14-21-16-34-17-36-21)38-30(42)26(13-20-15-35-25-6-4-3-5-23(20)25)37-29(41)24(33)12-19-7-9-22(40)10-8-19/h3-10,15-18,24,26-28,35,40H,11-14,33H2,1-2H3,(H,34,36)(H,37,41)(H,38,42)(H,39,43)(H,44,45). The summed E-state index contributed by atoms with van der Waals surface area (Å²) in [6.07, 6.45) is 5.13. The highest BCUT2D eigenvalue weighted by Gasteiger charge is 2.31. The largest absolute Gasteiger partial charge is 0.508 e. The molecule has 4 atom stereocenters. The fraction of sp³-hybridized carbons (Fsp3) is 0.344. The van der Waals surface area contributed by atoms with Gasteiger partial charge in [0, 0.05) is 41.8 Å². The first-order chi connectivity index (χ1) is 21.5. The molecule has 13 nitrogen and oxygen atoms in total. The maximum atomic E-state index is 13.9. The predicted molar refractivity (Wildman–Crippen MR) is 167 cm³/mol. The number of carboxylic acids is 1. The van der Waals surface area contributed by atoms with Gasteiger partial charge in [-0.3, -0.25) is 14.4 Å². The zero-order valence-corrected chi connectivity index (χ0v) is 25.1. The van der Waals surface area contributed by atoms with E-state index in [1.54, 1.807) is 18.3 Å². The topological polar surface area (TPSA) is 215 Å². The van der Waals surface area contributed by atoms with Gasteiger partial charge in [-0.2, -0.15) is 0 Å². The number of rotatable bonds is 15. The number of amides is 3. The van der Waals surface area contributed by atoms with Crippen molar-refractivity contribution < 1.29 is 29.4 Å². The number of aliphatic carboxylic acids is 1. The van der Waals surface area contributed by atoms with Crippen LogP contribution < -0.4 is 21.7 Å². The van der Waals surface area contributed by atoms with Gasteiger partial charge in [-0.05, 0) is 48.1 Å². The molecule has 4 aromatic rings. The van der Waals surface area contributed by atoms with E-state index in [0.717, 1.165) is 22.0 Å². The number of carbonyl (C=O) groups is 4. The van der Waals surface area contributed by atoms with Crippen LogP contribution in [-0.2, 0) is 38.4 Å². The van der Waals surface area contributed by atoms with Crippen LogP contribution in [0.5, 0.6) is 5.75 Å². The molecule has 0 spiro atoms. The Labute approximate surface area is 260 Å². The maximum absolute atomic E-state index is 13.9. The first-order valence-electron chi connectivity index (χ1n) is 14.7. The minimum atomic E-state index is -1.18. The van der Waals surface area contributed by atoms with Gasteiger partial charge in [0.1, 0.15) is 23.9 Å². The summed E-state index contributed by atoms with van der Waals surface area (Å²) in [4.78, 5) is 62.5. The van der Waals surface area contributed by atoms with E-state index in [1.807, 2.05) is 38.1 Å². The van der Waals surface area contributed by atoms with Gasteiger partial charge >= 0.3 is 5.97 Å². The number of nitrogens with two attached hydrogens (primary N) is 1. The van der Waals surface area contributed by atoms with E-state index in [2.05, 4.69) is 30.9 Å². The van der Waals surface area contributed by atoms with Crippen LogP contribution in [0.15, 0.2) is 67.3 Å². The lowest BCUT2D eigenvalue weighted by molar-refractivity contribution is -0.142. The van der Waals surface area contributed by atoms with Crippen molar-refractivity contribution in [2.75, 3.05) is 0 Å². The lowest BCUT2D eigenvalue weighted by atomic mass is 10.0. The fourth-order valence-corrected chi connectivity index (χ4v) is 5.05. The minimum absolute atomic E-state index is 0.000289. The average molecular weight is 618 g/mol. The highest BCUT2D eigenvalue weighted by atomic mass is 16.4. The molecule has 0 aliphatic rings. The lowest BCUT2D eigenvalue weighted by Crippen LogP contribution is -2.58. The molecule has 0 saturated carbocycles. The number of imidazole rings is 1. The van der Waals surface area contributed by atoms with Crippen molar-refractivity contribution in [1.29, 1.82) is 0 Å². The number of hydrogen-bond donors (Lipinski definition) is 8. The van der Waals surface area contributed by atoms with E-state index in [9.17, 15) is 29.4 Å². The Morgan fingerprint density at radius 3 is 2.13 bits per heavy atom. The molecule has 4 rings (SSSR count). The van der Waals surface area contributed by atoms with Crippen molar-refractivity contribution in [3.05, 3.63) is 84.1 Å². The fourth-order valence-electron chi connectivity index (χ4n) is 5.05. The number of para-hydroxylation sites is 1. The molecule has 0 saturated heterocycles. The predicted octanol–water partition coefficient (Wildman–Crippen LogP) is 1.54. The molecule has 2 aromatic carbocycles. The molecule has 0 fully saturated rings. The number of nitrogens with one attached hydrogen (secondary N) is 5. The third kappa shape index (κ3) is 9.16. The number of hydrogen-bond acceptors (Lipinski definition) is 7. The minimum Gasteiger partial charge on any atom is -0.508 e. The van der Waals surface area contributed by atoms with Crippen molar-refractivity contribution >= 4 is 34.6 Å². The smallest absolute Gasteiger partial charge is 0.326 e. The van der Waals surface area contributed by atoms with Crippen LogP contribution in [0.4, 0.5) is 0 Å². The second-order valence-corrected chi connectivity index (χ2v) is 11.5. The Hall–Kier alpha value is -5.17. The number of benzene rings is 2. The van der Waals surface area contributed by atoms with E-state index in [1.165, 1.54) is 24.7 Å². The van der Waals surface area contributed by atoms with Crippen molar-refractivity contribution in [1.82, 2.24) is 30.9 Å². The number of carbonyl (C=O) groups excluding carboxylic acids is 3. The number of phenolic OH excluding ortho intramolecular Hbond substituents is 1. The molecule has 238 valence electrons. The van der Waals surface area contributed by atoms with Crippen molar-refractivity contribution in [2.45, 2.75) is 63.7 Å². The molecule has 2 aromatic heterocycles. The summed E-state index contributed by atoms with van der Waals surface area (Å²) in [7, 11) is 0. The third-order valence-corrected chi connectivity index (χ3v) is 7.39. The molecule has 0 bridgehead atoms. The highest BCUT2D eigenvalue weighted by molar-refractivity contribution is 5.95. The lowest BCUT2D eigenvalue weighted by Gasteiger charge is -2.25. The number of aromatic hydroxyl groups is 1. The van der Waals surface area contributed by atoms with Crippen LogP contribution in [0.1, 0.15) is 37.1 Å². The van der Waals surface area contributed by atoms with Crippen molar-refractivity contribution in [3.63, 3.8) is 0 Å². The SMILES string of the molecule is CC(C)CC(NC(=O)C(Cc1cnc[nH]1)NC(=O)C(Cc1c[nH]c2ccccc12)NC(=O)C(N)Cc1ccc(O)cc1)C(=O)O. The Morgan fingerprint density at radius 1 is 0.844 bits per heavy atom.